The Labute approximate surface area is 122 Å². The maximum Gasteiger partial charge on any atom is 0.320 e. The second-order valence-electron chi connectivity index (χ2n) is 3.80. The van der Waals surface area contributed by atoms with Gasteiger partial charge >= 0.3 is 5.97 Å². The van der Waals surface area contributed by atoms with Crippen molar-refractivity contribution in [1.29, 1.82) is 0 Å². The number of hydrogen-bond acceptors (Lipinski definition) is 6. The van der Waals surface area contributed by atoms with Crippen LogP contribution in [0, 0.1) is 20.2 Å². The van der Waals surface area contributed by atoms with Gasteiger partial charge in [-0.15, -0.1) is 0 Å². The molecule has 0 N–H and O–H groups in total. The van der Waals surface area contributed by atoms with Crippen LogP contribution in [0.5, 0.6) is 0 Å². The number of esters is 1. The first kappa shape index (κ1) is 16.0. The second kappa shape index (κ2) is 6.94. The Kier molecular flexibility index (Phi) is 5.56. The average Bonchev–Trinajstić information content (AvgIpc) is 2.38. The van der Waals surface area contributed by atoms with Crippen molar-refractivity contribution in [3.63, 3.8) is 0 Å². The second-order valence-corrected chi connectivity index (χ2v) is 4.90. The molecule has 0 saturated heterocycles. The van der Waals surface area contributed by atoms with Gasteiger partial charge in [0.05, 0.1) is 22.5 Å². The fourth-order valence-electron chi connectivity index (χ4n) is 1.51. The van der Waals surface area contributed by atoms with Crippen LogP contribution in [-0.4, -0.2) is 27.2 Å². The summed E-state index contributed by atoms with van der Waals surface area (Å²) in [5.74, 6) is -0.526. The molecule has 1 aromatic carbocycles. The van der Waals surface area contributed by atoms with Crippen molar-refractivity contribution in [2.75, 3.05) is 6.61 Å². The quantitative estimate of drug-likeness (QED) is 0.338. The summed E-state index contributed by atoms with van der Waals surface area (Å²) in [7, 11) is 0. The highest BCUT2D eigenvalue weighted by atomic mass is 79.9. The zero-order valence-corrected chi connectivity index (χ0v) is 12.0. The number of halogens is 1. The van der Waals surface area contributed by atoms with Crippen molar-refractivity contribution >= 4 is 33.3 Å². The average molecular weight is 347 g/mol. The monoisotopic (exact) mass is 346 g/mol. The van der Waals surface area contributed by atoms with Crippen LogP contribution in [0.4, 0.5) is 11.4 Å². The molecule has 1 aromatic rings. The van der Waals surface area contributed by atoms with Gasteiger partial charge in [-0.3, -0.25) is 25.0 Å². The molecule has 1 atom stereocenters. The number of carbonyl (C=O) groups excluding carboxylic acids is 1. The van der Waals surface area contributed by atoms with Crippen LogP contribution in [0.3, 0.4) is 0 Å². The summed E-state index contributed by atoms with van der Waals surface area (Å²) in [6.07, 6.45) is 0.0569. The fourth-order valence-corrected chi connectivity index (χ4v) is 2.01. The van der Waals surface area contributed by atoms with E-state index < -0.39 is 32.0 Å². The number of non-ortho nitro benzene ring substituents is 2. The summed E-state index contributed by atoms with van der Waals surface area (Å²) >= 11 is 3.09. The molecule has 0 aliphatic carbocycles. The Morgan fingerprint density at radius 1 is 1.25 bits per heavy atom. The minimum Gasteiger partial charge on any atom is -0.465 e. The summed E-state index contributed by atoms with van der Waals surface area (Å²) in [5, 5.41) is 21.5. The van der Waals surface area contributed by atoms with E-state index in [9.17, 15) is 25.0 Å². The van der Waals surface area contributed by atoms with E-state index >= 15 is 0 Å². The highest BCUT2D eigenvalue weighted by Gasteiger charge is 2.21. The number of nitrogens with zero attached hydrogens (tertiary/aromatic N) is 2. The Bertz CT molecular complexity index is 515. The summed E-state index contributed by atoms with van der Waals surface area (Å²) in [4.78, 5) is 30.8. The minimum absolute atomic E-state index is 0.0569. The van der Waals surface area contributed by atoms with Crippen LogP contribution >= 0.6 is 15.9 Å². The molecule has 1 rings (SSSR count). The number of hydrogen-bond donors (Lipinski definition) is 0. The van der Waals surface area contributed by atoms with E-state index in [1.54, 1.807) is 6.92 Å². The van der Waals surface area contributed by atoms with Gasteiger partial charge in [0, 0.05) is 12.1 Å². The highest BCUT2D eigenvalue weighted by Crippen LogP contribution is 2.24. The van der Waals surface area contributed by atoms with Crippen molar-refractivity contribution in [1.82, 2.24) is 0 Å². The molecule has 0 bridgehead atoms. The number of carbonyl (C=O) groups is 1. The largest absolute Gasteiger partial charge is 0.465 e. The van der Waals surface area contributed by atoms with E-state index in [1.165, 1.54) is 12.1 Å². The topological polar surface area (TPSA) is 113 Å². The molecule has 0 radical (unpaired) electrons. The standard InChI is InChI=1S/C11H11BrN2O6/c1-2-20-11(15)10(12)5-7-3-8(13(16)17)6-9(4-7)14(18)19/h3-4,6,10H,2,5H2,1H3. The first-order valence-corrected chi connectivity index (χ1v) is 6.50. The van der Waals surface area contributed by atoms with Gasteiger partial charge in [-0.25, -0.2) is 0 Å². The molecule has 8 nitrogen and oxygen atoms in total. The van der Waals surface area contributed by atoms with Crippen molar-refractivity contribution in [2.24, 2.45) is 0 Å². The lowest BCUT2D eigenvalue weighted by Crippen LogP contribution is -2.19. The van der Waals surface area contributed by atoms with Crippen LogP contribution in [-0.2, 0) is 16.0 Å². The Hall–Kier alpha value is -2.03. The smallest absolute Gasteiger partial charge is 0.320 e. The third-order valence-corrected chi connectivity index (χ3v) is 3.04. The Morgan fingerprint density at radius 3 is 2.15 bits per heavy atom. The Balaban J connectivity index is 3.02. The number of rotatable bonds is 6. The van der Waals surface area contributed by atoms with Gasteiger partial charge in [0.1, 0.15) is 4.83 Å². The summed E-state index contributed by atoms with van der Waals surface area (Å²) in [6.45, 7) is 1.85. The number of nitro benzene ring substituents is 2. The lowest BCUT2D eigenvalue weighted by molar-refractivity contribution is -0.394. The van der Waals surface area contributed by atoms with Crippen LogP contribution in [0.15, 0.2) is 18.2 Å². The predicted octanol–water partition coefficient (Wildman–Crippen LogP) is 2.37. The van der Waals surface area contributed by atoms with Gasteiger partial charge in [-0.1, -0.05) is 15.9 Å². The van der Waals surface area contributed by atoms with Gasteiger partial charge in [-0.05, 0) is 18.9 Å². The highest BCUT2D eigenvalue weighted by molar-refractivity contribution is 9.10. The third-order valence-electron chi connectivity index (χ3n) is 2.34. The van der Waals surface area contributed by atoms with Gasteiger partial charge in [0.2, 0.25) is 0 Å². The van der Waals surface area contributed by atoms with E-state index in [4.69, 9.17) is 4.74 Å². The first-order chi connectivity index (χ1) is 9.35. The van der Waals surface area contributed by atoms with E-state index in [0.29, 0.717) is 5.56 Å². The minimum atomic E-state index is -0.718. The first-order valence-electron chi connectivity index (χ1n) is 5.58. The molecule has 0 aliphatic rings. The molecule has 0 spiro atoms. The predicted molar refractivity (Wildman–Crippen MR) is 72.8 cm³/mol. The van der Waals surface area contributed by atoms with E-state index in [0.717, 1.165) is 6.07 Å². The number of nitro groups is 2. The van der Waals surface area contributed by atoms with Crippen LogP contribution in [0.1, 0.15) is 12.5 Å². The van der Waals surface area contributed by atoms with Gasteiger partial charge < -0.3 is 4.74 Å². The Morgan fingerprint density at radius 2 is 1.75 bits per heavy atom. The van der Waals surface area contributed by atoms with Gasteiger partial charge in [0.15, 0.2) is 0 Å². The number of alkyl halides is 1. The maximum atomic E-state index is 11.4. The van der Waals surface area contributed by atoms with Crippen molar-refractivity contribution < 1.29 is 19.4 Å². The van der Waals surface area contributed by atoms with Crippen molar-refractivity contribution in [3.8, 4) is 0 Å². The van der Waals surface area contributed by atoms with Crippen LogP contribution in [0.25, 0.3) is 0 Å². The zero-order chi connectivity index (χ0) is 15.3. The summed E-state index contributed by atoms with van der Waals surface area (Å²) < 4.78 is 4.78. The van der Waals surface area contributed by atoms with Crippen LogP contribution in [0.2, 0.25) is 0 Å². The van der Waals surface area contributed by atoms with Gasteiger partial charge in [-0.2, -0.15) is 0 Å². The molecule has 108 valence electrons. The van der Waals surface area contributed by atoms with Crippen molar-refractivity contribution in [2.45, 2.75) is 18.2 Å². The summed E-state index contributed by atoms with van der Waals surface area (Å²) in [6, 6.07) is 3.26. The molecule has 0 aromatic heterocycles. The van der Waals surface area contributed by atoms with E-state index in [2.05, 4.69) is 15.9 Å². The van der Waals surface area contributed by atoms with Crippen LogP contribution < -0.4 is 0 Å². The SMILES string of the molecule is CCOC(=O)C(Br)Cc1cc([N+](=O)[O-])cc([N+](=O)[O-])c1. The lowest BCUT2D eigenvalue weighted by Gasteiger charge is -2.08. The molecular formula is C11H11BrN2O6. The zero-order valence-electron chi connectivity index (χ0n) is 10.4. The normalized spacial score (nSPS) is 11.7. The molecule has 0 saturated carbocycles. The number of benzene rings is 1. The molecule has 0 heterocycles. The number of ether oxygens (including phenoxy) is 1. The molecule has 9 heteroatoms. The lowest BCUT2D eigenvalue weighted by atomic mass is 10.1. The van der Waals surface area contributed by atoms with E-state index in [-0.39, 0.29) is 13.0 Å². The molecule has 0 fully saturated rings. The maximum absolute atomic E-state index is 11.4. The molecular weight excluding hydrogens is 336 g/mol. The molecule has 1 unspecified atom stereocenters. The molecule has 20 heavy (non-hydrogen) atoms. The fraction of sp³-hybridized carbons (Fsp3) is 0.364. The molecule has 0 amide bonds. The molecule has 0 aliphatic heterocycles. The summed E-state index contributed by atoms with van der Waals surface area (Å²) in [5.41, 5.74) is -0.476. The van der Waals surface area contributed by atoms with E-state index in [1.807, 2.05) is 0 Å². The third kappa shape index (κ3) is 4.26. The van der Waals surface area contributed by atoms with Gasteiger partial charge in [0.25, 0.3) is 11.4 Å². The van der Waals surface area contributed by atoms with Crippen molar-refractivity contribution in [3.05, 3.63) is 44.0 Å².